The lowest BCUT2D eigenvalue weighted by Crippen LogP contribution is -2.49. The van der Waals surface area contributed by atoms with Crippen LogP contribution in [0.2, 0.25) is 5.02 Å². The average Bonchev–Trinajstić information content (AvgIpc) is 2.66. The van der Waals surface area contributed by atoms with E-state index in [1.165, 1.54) is 11.8 Å². The van der Waals surface area contributed by atoms with Crippen LogP contribution in [0.4, 0.5) is 0 Å². The molecule has 1 aliphatic rings. The van der Waals surface area contributed by atoms with Gasteiger partial charge in [0, 0.05) is 9.92 Å². The van der Waals surface area contributed by atoms with E-state index >= 15 is 0 Å². The molecule has 0 saturated carbocycles. The van der Waals surface area contributed by atoms with E-state index in [2.05, 4.69) is 5.32 Å². The Kier molecular flexibility index (Phi) is 4.90. The number of sulfone groups is 1. The van der Waals surface area contributed by atoms with E-state index in [-0.39, 0.29) is 22.7 Å². The van der Waals surface area contributed by atoms with E-state index in [1.54, 1.807) is 26.0 Å². The number of halogens is 1. The van der Waals surface area contributed by atoms with Crippen LogP contribution >= 0.6 is 23.4 Å². The van der Waals surface area contributed by atoms with Crippen molar-refractivity contribution in [3.63, 3.8) is 0 Å². The van der Waals surface area contributed by atoms with E-state index in [1.807, 2.05) is 12.1 Å². The third kappa shape index (κ3) is 4.63. The van der Waals surface area contributed by atoms with Crippen molar-refractivity contribution in [3.8, 4) is 0 Å². The van der Waals surface area contributed by atoms with Gasteiger partial charge in [0.15, 0.2) is 9.84 Å². The molecule has 1 fully saturated rings. The van der Waals surface area contributed by atoms with Crippen LogP contribution < -0.4 is 5.32 Å². The summed E-state index contributed by atoms with van der Waals surface area (Å²) in [5.41, 5.74) is -0.648. The molecule has 1 aromatic rings. The summed E-state index contributed by atoms with van der Waals surface area (Å²) in [6, 6.07) is 7.27. The van der Waals surface area contributed by atoms with Crippen LogP contribution in [0.5, 0.6) is 0 Å². The normalized spacial score (nSPS) is 25.5. The molecular weight excluding hydrogens is 330 g/mol. The molecule has 0 aromatic heterocycles. The van der Waals surface area contributed by atoms with Crippen LogP contribution in [0, 0.1) is 0 Å². The first-order valence-corrected chi connectivity index (χ1v) is 9.72. The van der Waals surface area contributed by atoms with E-state index in [0.717, 1.165) is 4.90 Å². The molecule has 0 bridgehead atoms. The highest BCUT2D eigenvalue weighted by Crippen LogP contribution is 2.27. The van der Waals surface area contributed by atoms with Crippen molar-refractivity contribution >= 4 is 39.1 Å². The Balaban J connectivity index is 1.95. The van der Waals surface area contributed by atoms with E-state index in [4.69, 9.17) is 11.6 Å². The minimum atomic E-state index is -3.03. The highest BCUT2D eigenvalue weighted by atomic mass is 35.5. The fraction of sp³-hybridized carbons (Fsp3) is 0.500. The van der Waals surface area contributed by atoms with E-state index in [0.29, 0.717) is 11.4 Å². The second kappa shape index (κ2) is 6.18. The Bertz CT molecular complexity index is 630. The van der Waals surface area contributed by atoms with Crippen LogP contribution in [-0.2, 0) is 14.6 Å². The molecule has 21 heavy (non-hydrogen) atoms. The maximum atomic E-state index is 12.2. The third-order valence-electron chi connectivity index (χ3n) is 3.42. The van der Waals surface area contributed by atoms with Gasteiger partial charge in [0.1, 0.15) is 0 Å². The molecule has 2 atom stereocenters. The maximum Gasteiger partial charge on any atom is 0.233 e. The van der Waals surface area contributed by atoms with Crippen molar-refractivity contribution in [3.05, 3.63) is 29.3 Å². The maximum absolute atomic E-state index is 12.2. The Hall–Kier alpha value is -0.720. The van der Waals surface area contributed by atoms with Crippen molar-refractivity contribution in [2.45, 2.75) is 36.0 Å². The Labute approximate surface area is 134 Å². The van der Waals surface area contributed by atoms with Crippen LogP contribution in [0.25, 0.3) is 0 Å². The molecule has 7 heteroatoms. The van der Waals surface area contributed by atoms with Gasteiger partial charge < -0.3 is 5.32 Å². The first-order valence-electron chi connectivity index (χ1n) is 6.64. The molecule has 0 spiro atoms. The van der Waals surface area contributed by atoms with E-state index < -0.39 is 15.4 Å². The smallest absolute Gasteiger partial charge is 0.233 e. The molecule has 1 amide bonds. The van der Waals surface area contributed by atoms with Crippen molar-refractivity contribution in [1.29, 1.82) is 0 Å². The molecule has 1 aliphatic heterocycles. The summed E-state index contributed by atoms with van der Waals surface area (Å²) in [7, 11) is -3.03. The summed E-state index contributed by atoms with van der Waals surface area (Å²) in [5, 5.41) is 3.23. The van der Waals surface area contributed by atoms with Gasteiger partial charge >= 0.3 is 0 Å². The quantitative estimate of drug-likeness (QED) is 0.850. The minimum absolute atomic E-state index is 0.0179. The van der Waals surface area contributed by atoms with Crippen LogP contribution in [-0.4, -0.2) is 36.6 Å². The predicted octanol–water partition coefficient (Wildman–Crippen LogP) is 2.51. The Morgan fingerprint density at radius 2 is 2.00 bits per heavy atom. The van der Waals surface area contributed by atoms with Crippen molar-refractivity contribution in [2.24, 2.45) is 0 Å². The lowest BCUT2D eigenvalue weighted by Gasteiger charge is -2.25. The lowest BCUT2D eigenvalue weighted by atomic mass is 10.0. The number of nitrogens with one attached hydrogen (secondary N) is 1. The van der Waals surface area contributed by atoms with Gasteiger partial charge in [0.05, 0.1) is 22.3 Å². The first kappa shape index (κ1) is 16.6. The Morgan fingerprint density at radius 1 is 1.38 bits per heavy atom. The van der Waals surface area contributed by atoms with Gasteiger partial charge in [-0.1, -0.05) is 11.6 Å². The van der Waals surface area contributed by atoms with Gasteiger partial charge in [-0.25, -0.2) is 8.42 Å². The van der Waals surface area contributed by atoms with Crippen LogP contribution in [0.1, 0.15) is 20.3 Å². The summed E-state index contributed by atoms with van der Waals surface area (Å²) < 4.78 is 23.1. The fourth-order valence-electron chi connectivity index (χ4n) is 2.28. The van der Waals surface area contributed by atoms with E-state index in [9.17, 15) is 13.2 Å². The summed E-state index contributed by atoms with van der Waals surface area (Å²) in [6.45, 7) is 3.59. The van der Waals surface area contributed by atoms with Gasteiger partial charge in [0.2, 0.25) is 5.91 Å². The number of carbonyl (C=O) groups is 1. The first-order chi connectivity index (χ1) is 9.69. The van der Waals surface area contributed by atoms with Gasteiger partial charge in [-0.2, -0.15) is 0 Å². The molecule has 4 nitrogen and oxygen atoms in total. The zero-order valence-corrected chi connectivity index (χ0v) is 14.3. The monoisotopic (exact) mass is 347 g/mol. The molecule has 1 heterocycles. The molecule has 1 saturated heterocycles. The van der Waals surface area contributed by atoms with Gasteiger partial charge in [-0.15, -0.1) is 11.8 Å². The Morgan fingerprint density at radius 3 is 2.52 bits per heavy atom. The van der Waals surface area contributed by atoms with Crippen molar-refractivity contribution in [2.75, 3.05) is 11.5 Å². The number of amides is 1. The summed E-state index contributed by atoms with van der Waals surface area (Å²) >= 11 is 7.25. The number of hydrogen-bond acceptors (Lipinski definition) is 4. The van der Waals surface area contributed by atoms with Crippen LogP contribution in [0.3, 0.4) is 0 Å². The topological polar surface area (TPSA) is 63.2 Å². The standard InChI is InChI=1S/C14H18ClNO3S2/c1-10(20-12-5-3-11(15)4-6-12)13(17)16-14(2)7-8-21(18,19)9-14/h3-6,10H,7-9H2,1-2H3,(H,16,17)/t10-,14+/m0/s1. The second-order valence-electron chi connectivity index (χ2n) is 5.61. The molecule has 0 unspecified atom stereocenters. The number of thioether (sulfide) groups is 1. The lowest BCUT2D eigenvalue weighted by molar-refractivity contribution is -0.121. The van der Waals surface area contributed by atoms with Gasteiger partial charge in [-0.05, 0) is 44.5 Å². The van der Waals surface area contributed by atoms with Gasteiger partial charge in [-0.3, -0.25) is 4.79 Å². The van der Waals surface area contributed by atoms with Crippen LogP contribution in [0.15, 0.2) is 29.2 Å². The zero-order chi connectivity index (χ0) is 15.7. The molecule has 1 aromatic carbocycles. The number of benzene rings is 1. The molecule has 1 N–H and O–H groups in total. The van der Waals surface area contributed by atoms with Gasteiger partial charge in [0.25, 0.3) is 0 Å². The molecule has 0 radical (unpaired) electrons. The minimum Gasteiger partial charge on any atom is -0.349 e. The number of carbonyl (C=O) groups excluding carboxylic acids is 1. The summed E-state index contributed by atoms with van der Waals surface area (Å²) in [4.78, 5) is 13.2. The molecule has 116 valence electrons. The largest absolute Gasteiger partial charge is 0.349 e. The molecule has 2 rings (SSSR count). The highest BCUT2D eigenvalue weighted by molar-refractivity contribution is 8.00. The highest BCUT2D eigenvalue weighted by Gasteiger charge is 2.40. The summed E-state index contributed by atoms with van der Waals surface area (Å²) in [6.07, 6.45) is 0.472. The van der Waals surface area contributed by atoms with Crippen molar-refractivity contribution in [1.82, 2.24) is 5.32 Å². The summed E-state index contributed by atoms with van der Waals surface area (Å²) in [5.74, 6) is 0.0154. The third-order valence-corrected chi connectivity index (χ3v) is 6.69. The fourth-order valence-corrected chi connectivity index (χ4v) is 5.37. The second-order valence-corrected chi connectivity index (χ2v) is 9.64. The SMILES string of the molecule is C[C@H](Sc1ccc(Cl)cc1)C(=O)N[C@]1(C)CCS(=O)(=O)C1. The average molecular weight is 348 g/mol. The number of hydrogen-bond donors (Lipinski definition) is 1. The number of rotatable bonds is 4. The predicted molar refractivity (Wildman–Crippen MR) is 86.6 cm³/mol. The molecular formula is C14H18ClNO3S2. The molecule has 0 aliphatic carbocycles. The zero-order valence-electron chi connectivity index (χ0n) is 11.9. The van der Waals surface area contributed by atoms with Crippen molar-refractivity contribution < 1.29 is 13.2 Å².